The molecule has 1 atom stereocenters. The van der Waals surface area contributed by atoms with E-state index in [0.717, 1.165) is 31.0 Å². The first kappa shape index (κ1) is 12.0. The lowest BCUT2D eigenvalue weighted by Crippen LogP contribution is -2.27. The van der Waals surface area contributed by atoms with E-state index >= 15 is 0 Å². The lowest BCUT2D eigenvalue weighted by Gasteiger charge is -2.12. The van der Waals surface area contributed by atoms with Gasteiger partial charge in [0.05, 0.1) is 6.54 Å². The van der Waals surface area contributed by atoms with Crippen LogP contribution in [0.2, 0.25) is 0 Å². The van der Waals surface area contributed by atoms with Crippen molar-refractivity contribution in [2.24, 2.45) is 0 Å². The molecule has 0 spiro atoms. The van der Waals surface area contributed by atoms with Crippen LogP contribution in [0.5, 0.6) is 0 Å². The summed E-state index contributed by atoms with van der Waals surface area (Å²) in [6, 6.07) is 6.30. The fourth-order valence-electron chi connectivity index (χ4n) is 1.67. The highest BCUT2D eigenvalue weighted by molar-refractivity contribution is 5.36. The second kappa shape index (κ2) is 5.75. The molecule has 0 aromatic carbocycles. The minimum atomic E-state index is 0.408. The molecule has 2 aromatic heterocycles. The summed E-state index contributed by atoms with van der Waals surface area (Å²) >= 11 is 0. The van der Waals surface area contributed by atoms with Crippen LogP contribution in [-0.2, 0) is 11.3 Å². The van der Waals surface area contributed by atoms with Crippen molar-refractivity contribution in [1.82, 2.24) is 19.9 Å². The molecule has 0 amide bonds. The molecule has 0 fully saturated rings. The summed E-state index contributed by atoms with van der Waals surface area (Å²) in [6.45, 7) is 3.63. The highest BCUT2D eigenvalue weighted by atomic mass is 16.5. The number of ether oxygens (including phenoxy) is 1. The number of rotatable bonds is 6. The molecule has 5 heteroatoms. The molecule has 92 valence electrons. The third-order valence-electron chi connectivity index (χ3n) is 2.75. The van der Waals surface area contributed by atoms with Gasteiger partial charge < -0.3 is 10.1 Å². The van der Waals surface area contributed by atoms with Crippen molar-refractivity contribution in [1.29, 1.82) is 0 Å². The number of hydrogen-bond donors (Lipinski definition) is 1. The molecule has 0 saturated carbocycles. The summed E-state index contributed by atoms with van der Waals surface area (Å²) in [4.78, 5) is 0. The number of nitrogens with zero attached hydrogens (tertiary/aromatic N) is 3. The minimum absolute atomic E-state index is 0.408. The molecule has 0 bridgehead atoms. The Bertz CT molecular complexity index is 468. The number of aromatic nitrogens is 3. The Morgan fingerprint density at radius 2 is 2.29 bits per heavy atom. The van der Waals surface area contributed by atoms with E-state index in [9.17, 15) is 0 Å². The van der Waals surface area contributed by atoms with Crippen LogP contribution in [0, 0.1) is 0 Å². The summed E-state index contributed by atoms with van der Waals surface area (Å²) in [5.74, 6) is 0.935. The summed E-state index contributed by atoms with van der Waals surface area (Å²) in [5.41, 5.74) is 0.883. The van der Waals surface area contributed by atoms with Crippen molar-refractivity contribution >= 4 is 5.65 Å². The average molecular weight is 234 g/mol. The lowest BCUT2D eigenvalue weighted by molar-refractivity contribution is 0.184. The molecular formula is C12H18N4O. The molecule has 0 aliphatic rings. The molecule has 0 aliphatic heterocycles. The third-order valence-corrected chi connectivity index (χ3v) is 2.75. The maximum atomic E-state index is 5.05. The molecule has 2 aromatic rings. The van der Waals surface area contributed by atoms with Crippen LogP contribution in [0.25, 0.3) is 5.65 Å². The monoisotopic (exact) mass is 234 g/mol. The van der Waals surface area contributed by atoms with Crippen LogP contribution in [0.15, 0.2) is 24.4 Å². The summed E-state index contributed by atoms with van der Waals surface area (Å²) in [7, 11) is 1.72. The molecule has 17 heavy (non-hydrogen) atoms. The zero-order valence-corrected chi connectivity index (χ0v) is 10.3. The Labute approximate surface area is 101 Å². The Morgan fingerprint density at radius 1 is 1.41 bits per heavy atom. The van der Waals surface area contributed by atoms with Gasteiger partial charge in [-0.05, 0) is 25.5 Å². The normalized spacial score (nSPS) is 13.1. The van der Waals surface area contributed by atoms with E-state index in [4.69, 9.17) is 4.74 Å². The van der Waals surface area contributed by atoms with Crippen LogP contribution < -0.4 is 5.32 Å². The zero-order chi connectivity index (χ0) is 12.1. The van der Waals surface area contributed by atoms with Gasteiger partial charge in [0.1, 0.15) is 0 Å². The van der Waals surface area contributed by atoms with Crippen molar-refractivity contribution in [2.45, 2.75) is 25.9 Å². The number of methoxy groups -OCH3 is 1. The number of pyridine rings is 1. The van der Waals surface area contributed by atoms with Gasteiger partial charge in [0.25, 0.3) is 0 Å². The van der Waals surface area contributed by atoms with E-state index < -0.39 is 0 Å². The minimum Gasteiger partial charge on any atom is -0.385 e. The van der Waals surface area contributed by atoms with Crippen LogP contribution in [0.1, 0.15) is 19.2 Å². The van der Waals surface area contributed by atoms with Gasteiger partial charge in [-0.25, -0.2) is 0 Å². The zero-order valence-electron chi connectivity index (χ0n) is 10.3. The van der Waals surface area contributed by atoms with E-state index in [-0.39, 0.29) is 0 Å². The number of hydrogen-bond acceptors (Lipinski definition) is 4. The third kappa shape index (κ3) is 3.01. The Kier molecular flexibility index (Phi) is 4.06. The Morgan fingerprint density at radius 3 is 3.12 bits per heavy atom. The van der Waals surface area contributed by atoms with Gasteiger partial charge >= 0.3 is 0 Å². The Balaban J connectivity index is 1.95. The van der Waals surface area contributed by atoms with E-state index in [1.807, 2.05) is 28.8 Å². The highest BCUT2D eigenvalue weighted by Crippen LogP contribution is 2.03. The summed E-state index contributed by atoms with van der Waals surface area (Å²) < 4.78 is 7.04. The van der Waals surface area contributed by atoms with Gasteiger partial charge in [-0.3, -0.25) is 4.40 Å². The van der Waals surface area contributed by atoms with Gasteiger partial charge in [0, 0.05) is 26.0 Å². The van der Waals surface area contributed by atoms with Crippen molar-refractivity contribution in [3.05, 3.63) is 30.2 Å². The SMILES string of the molecule is COCCC(C)NCc1nnc2ccccn12. The van der Waals surface area contributed by atoms with Gasteiger partial charge in [-0.15, -0.1) is 10.2 Å². The predicted molar refractivity (Wildman–Crippen MR) is 65.8 cm³/mol. The molecule has 1 unspecified atom stereocenters. The fourth-order valence-corrected chi connectivity index (χ4v) is 1.67. The molecule has 2 rings (SSSR count). The lowest BCUT2D eigenvalue weighted by atomic mass is 10.2. The molecule has 2 heterocycles. The summed E-state index contributed by atoms with van der Waals surface area (Å²) in [6.07, 6.45) is 2.97. The topological polar surface area (TPSA) is 51.5 Å². The fraction of sp³-hybridized carbons (Fsp3) is 0.500. The number of fused-ring (bicyclic) bond motifs is 1. The van der Waals surface area contributed by atoms with Gasteiger partial charge in [0.15, 0.2) is 11.5 Å². The van der Waals surface area contributed by atoms with Crippen molar-refractivity contribution < 1.29 is 4.74 Å². The van der Waals surface area contributed by atoms with Crippen molar-refractivity contribution in [3.8, 4) is 0 Å². The first-order chi connectivity index (χ1) is 8.31. The van der Waals surface area contributed by atoms with Crippen molar-refractivity contribution in [2.75, 3.05) is 13.7 Å². The molecule has 0 aliphatic carbocycles. The number of nitrogens with one attached hydrogen (secondary N) is 1. The van der Waals surface area contributed by atoms with Gasteiger partial charge in [-0.2, -0.15) is 0 Å². The highest BCUT2D eigenvalue weighted by Gasteiger charge is 2.06. The Hall–Kier alpha value is -1.46. The first-order valence-corrected chi connectivity index (χ1v) is 5.82. The maximum Gasteiger partial charge on any atom is 0.160 e. The van der Waals surface area contributed by atoms with Crippen LogP contribution in [-0.4, -0.2) is 34.4 Å². The van der Waals surface area contributed by atoms with Gasteiger partial charge in [-0.1, -0.05) is 6.07 Å². The average Bonchev–Trinajstić information content (AvgIpc) is 2.77. The molecule has 1 N–H and O–H groups in total. The smallest absolute Gasteiger partial charge is 0.160 e. The van der Waals surface area contributed by atoms with Crippen LogP contribution in [0.3, 0.4) is 0 Å². The molecule has 0 saturated heterocycles. The predicted octanol–water partition coefficient (Wildman–Crippen LogP) is 1.24. The standard InChI is InChI=1S/C12H18N4O/c1-10(6-8-17-2)13-9-12-15-14-11-5-3-4-7-16(11)12/h3-5,7,10,13H,6,8-9H2,1-2H3. The largest absolute Gasteiger partial charge is 0.385 e. The summed E-state index contributed by atoms with van der Waals surface area (Å²) in [5, 5.41) is 11.7. The van der Waals surface area contributed by atoms with Gasteiger partial charge in [0.2, 0.25) is 0 Å². The van der Waals surface area contributed by atoms with E-state index in [2.05, 4.69) is 22.4 Å². The van der Waals surface area contributed by atoms with E-state index in [0.29, 0.717) is 6.04 Å². The van der Waals surface area contributed by atoms with Crippen molar-refractivity contribution in [3.63, 3.8) is 0 Å². The molecule has 0 radical (unpaired) electrons. The van der Waals surface area contributed by atoms with E-state index in [1.165, 1.54) is 0 Å². The maximum absolute atomic E-state index is 5.05. The van der Waals surface area contributed by atoms with Crippen LogP contribution >= 0.6 is 0 Å². The molecular weight excluding hydrogens is 216 g/mol. The first-order valence-electron chi connectivity index (χ1n) is 5.82. The second-order valence-corrected chi connectivity index (χ2v) is 4.11. The quantitative estimate of drug-likeness (QED) is 0.817. The van der Waals surface area contributed by atoms with Crippen LogP contribution in [0.4, 0.5) is 0 Å². The van der Waals surface area contributed by atoms with E-state index in [1.54, 1.807) is 7.11 Å². The molecule has 5 nitrogen and oxygen atoms in total. The second-order valence-electron chi connectivity index (χ2n) is 4.11.